The Bertz CT molecular complexity index is 4320. The van der Waals surface area contributed by atoms with Crippen LogP contribution in [-0.2, 0) is 38.0 Å². The molecule has 4 aromatic carbocycles. The van der Waals surface area contributed by atoms with Crippen molar-refractivity contribution in [2.24, 2.45) is 17.8 Å². The van der Waals surface area contributed by atoms with Crippen molar-refractivity contribution in [3.63, 3.8) is 0 Å². The average Bonchev–Trinajstić information content (AvgIpc) is 1.53. The van der Waals surface area contributed by atoms with E-state index in [4.69, 9.17) is 30.7 Å². The minimum Gasteiger partial charge on any atom is -0.399 e. The van der Waals surface area contributed by atoms with Gasteiger partial charge in [0, 0.05) is 75.7 Å². The number of halogens is 2. The molecule has 102 heavy (non-hydrogen) atoms. The molecule has 0 radical (unpaired) electrons. The lowest BCUT2D eigenvalue weighted by Crippen LogP contribution is -2.41. The van der Waals surface area contributed by atoms with Crippen LogP contribution in [0.15, 0.2) is 112 Å². The molecule has 0 saturated carbocycles. The Hall–Kier alpha value is -3.52. The zero-order chi connectivity index (χ0) is 73.3. The van der Waals surface area contributed by atoms with E-state index in [0.29, 0.717) is 21.2 Å². The van der Waals surface area contributed by atoms with Crippen LogP contribution in [-0.4, -0.2) is 68.7 Å². The highest BCUT2D eigenvalue weighted by atomic mass is 79.9. The molecule has 1 aliphatic rings. The van der Waals surface area contributed by atoms with Crippen molar-refractivity contribution in [3.8, 4) is 20.9 Å². The second kappa shape index (κ2) is 39.5. The van der Waals surface area contributed by atoms with Crippen LogP contribution in [0, 0.1) is 17.8 Å². The number of thiophene rings is 3. The van der Waals surface area contributed by atoms with Gasteiger partial charge in [-0.1, -0.05) is 125 Å². The Morgan fingerprint density at radius 2 is 0.833 bits per heavy atom. The molecule has 13 aromatic rings. The van der Waals surface area contributed by atoms with Crippen molar-refractivity contribution in [2.45, 2.75) is 200 Å². The summed E-state index contributed by atoms with van der Waals surface area (Å²) in [6.45, 7) is 24.1. The summed E-state index contributed by atoms with van der Waals surface area (Å²) < 4.78 is 32.3. The van der Waals surface area contributed by atoms with E-state index >= 15 is 0 Å². The van der Waals surface area contributed by atoms with Crippen molar-refractivity contribution in [2.75, 3.05) is 25.7 Å². The van der Waals surface area contributed by atoms with E-state index in [1.165, 1.54) is 155 Å². The van der Waals surface area contributed by atoms with Gasteiger partial charge in [-0.3, -0.25) is 0 Å². The zero-order valence-electron chi connectivity index (χ0n) is 60.5. The zero-order valence-corrected chi connectivity index (χ0v) is 72.8. The van der Waals surface area contributed by atoms with E-state index in [2.05, 4.69) is 204 Å². The Morgan fingerprint density at radius 3 is 1.20 bits per heavy atom. The molecule has 3 atom stereocenters. The molecule has 3 unspecified atom stereocenters. The maximum Gasteiger partial charge on any atom is 0.505 e. The average molecular weight is 1710 g/mol. The third-order valence-electron chi connectivity index (χ3n) is 18.7. The van der Waals surface area contributed by atoms with Crippen LogP contribution in [0.3, 0.4) is 0 Å². The van der Waals surface area contributed by atoms with Crippen molar-refractivity contribution >= 4 is 244 Å². The maximum atomic E-state index is 6.15. The van der Waals surface area contributed by atoms with E-state index < -0.39 is 0 Å². The predicted octanol–water partition coefficient (Wildman–Crippen LogP) is 26.1. The Balaban J connectivity index is 0.000000159. The summed E-state index contributed by atoms with van der Waals surface area (Å²) in [6, 6.07) is 21.4. The number of hydrogen-bond acceptors (Lipinski definition) is 23. The number of methoxy groups -OCH3 is 2. The van der Waals surface area contributed by atoms with Gasteiger partial charge in [0.05, 0.1) is 115 Å². The van der Waals surface area contributed by atoms with Gasteiger partial charge < -0.3 is 30.2 Å². The molecule has 0 aliphatic carbocycles. The van der Waals surface area contributed by atoms with Crippen molar-refractivity contribution in [1.29, 1.82) is 0 Å². The first-order chi connectivity index (χ1) is 49.1. The lowest BCUT2D eigenvalue weighted by Gasteiger charge is -2.32. The van der Waals surface area contributed by atoms with Gasteiger partial charge in [0.2, 0.25) is 0 Å². The highest BCUT2D eigenvalue weighted by Gasteiger charge is 2.52. The molecule has 12 nitrogen and oxygen atoms in total. The standard InChI is InChI=1S/C32H40N2S4.C18H31BO2S.C8H2Br2N2S2.C8H4N2S2.C6H8N2S2.C4H10O2/c1-5-9-11-21(7-3)17-23-13-15-25(37-23)27-29-32(36-19-33-29)28(30-31(27)35-20-34-30)26-16-14-24(38-26)18-22(8-4)12-10-6-2;1-7-9-10-14(8-2)13-15-11-12-16(22-15)19-20-17(3,4)18(5,6)21-19;9-3-5-7(13-1-11-5)4(10)6-8(3)14-2-12-6;1-5-8(12-3-9-5)2-6-7(1)11-4-10-6;7-3-1-5(9)4(8)2-6(3)10;1-4(5-2)6-3/h13-16,19-22H,5-12,17-18H2,1-4H3;11-12,14H,7-10,13H2,1-6H3;1-2H;1-4H;1-2,9-10H,7-8H2;4H,1-3H3. The number of nitrogen functional groups attached to an aromatic ring is 2. The third kappa shape index (κ3) is 21.0. The largest absolute Gasteiger partial charge is 0.505 e. The van der Waals surface area contributed by atoms with Gasteiger partial charge in [-0.15, -0.1) is 127 Å². The predicted molar refractivity (Wildman–Crippen MR) is 465 cm³/mol. The summed E-state index contributed by atoms with van der Waals surface area (Å²) in [7, 11) is 3.00. The molecule has 0 spiro atoms. The van der Waals surface area contributed by atoms with E-state index in [-0.39, 0.29) is 24.6 Å². The van der Waals surface area contributed by atoms with Crippen LogP contribution in [0.1, 0.15) is 168 Å². The number of thiazole rings is 6. The van der Waals surface area contributed by atoms with Crippen LogP contribution in [0.5, 0.6) is 0 Å². The summed E-state index contributed by atoms with van der Waals surface area (Å²) in [5.41, 5.74) is 32.3. The molecule has 14 rings (SSSR count). The highest BCUT2D eigenvalue weighted by Crippen LogP contribution is 2.49. The molecule has 4 N–H and O–H groups in total. The second-order valence-electron chi connectivity index (χ2n) is 26.3. The number of rotatable bonds is 23. The first kappa shape index (κ1) is 82.5. The highest BCUT2D eigenvalue weighted by molar-refractivity contribution is 9.11. The number of aromatic nitrogens is 6. The maximum absolute atomic E-state index is 6.15. The number of hydrogen-bond donors (Lipinski definition) is 4. The van der Waals surface area contributed by atoms with Crippen molar-refractivity contribution in [1.82, 2.24) is 29.9 Å². The monoisotopic (exact) mass is 1700 g/mol. The number of ether oxygens (including phenoxy) is 2. The van der Waals surface area contributed by atoms with Crippen LogP contribution < -0.4 is 16.2 Å². The van der Waals surface area contributed by atoms with Crippen LogP contribution >= 0.6 is 159 Å². The topological polar surface area (TPSA) is 166 Å². The van der Waals surface area contributed by atoms with Crippen LogP contribution in [0.25, 0.3) is 82.2 Å². The molecule has 1 fully saturated rings. The minimum atomic E-state index is -0.255. The minimum absolute atomic E-state index is 0.0648. The van der Waals surface area contributed by atoms with Crippen LogP contribution in [0.2, 0.25) is 0 Å². The summed E-state index contributed by atoms with van der Waals surface area (Å²) in [4.78, 5) is 35.6. The summed E-state index contributed by atoms with van der Waals surface area (Å²) >= 11 is 31.2. The number of fused-ring (bicyclic) bond motifs is 6. The van der Waals surface area contributed by atoms with Crippen LogP contribution in [0.4, 0.5) is 11.4 Å². The molecular weight excluding hydrogens is 1610 g/mol. The number of nitrogens with zero attached hydrogens (tertiary/aromatic N) is 6. The first-order valence-electron chi connectivity index (χ1n) is 35.0. The molecule has 0 bridgehead atoms. The Morgan fingerprint density at radius 1 is 0.480 bits per heavy atom. The molecular formula is C76H95BBr2N8O4S11. The number of unbranched alkanes of at least 4 members (excludes halogenated alkanes) is 3. The molecule has 1 saturated heterocycles. The molecule has 0 amide bonds. The fourth-order valence-electron chi connectivity index (χ4n) is 11.6. The first-order valence-corrected chi connectivity index (χ1v) is 45.2. The van der Waals surface area contributed by atoms with Gasteiger partial charge in [0.15, 0.2) is 6.29 Å². The number of thiol groups is 2. The van der Waals surface area contributed by atoms with Crippen molar-refractivity contribution < 1.29 is 18.8 Å². The van der Waals surface area contributed by atoms with E-state index in [1.54, 1.807) is 94.4 Å². The van der Waals surface area contributed by atoms with E-state index in [9.17, 15) is 0 Å². The van der Waals surface area contributed by atoms with Crippen molar-refractivity contribution in [3.05, 3.63) is 117 Å². The van der Waals surface area contributed by atoms with Gasteiger partial charge in [-0.05, 0) is 158 Å². The molecule has 546 valence electrons. The third-order valence-corrected chi connectivity index (χ3v) is 29.9. The molecule has 10 heterocycles. The lowest BCUT2D eigenvalue weighted by molar-refractivity contribution is -0.0877. The summed E-state index contributed by atoms with van der Waals surface area (Å²) in [6.07, 6.45) is 19.2. The Kier molecular flexibility index (Phi) is 32.0. The number of benzene rings is 4. The van der Waals surface area contributed by atoms with Gasteiger partial charge in [0.25, 0.3) is 0 Å². The summed E-state index contributed by atoms with van der Waals surface area (Å²) in [5, 5.41) is 0. The quantitative estimate of drug-likeness (QED) is 0.0208. The molecule has 9 aromatic heterocycles. The van der Waals surface area contributed by atoms with E-state index in [0.717, 1.165) is 69.2 Å². The van der Waals surface area contributed by atoms with Gasteiger partial charge in [-0.2, -0.15) is 0 Å². The second-order valence-corrected chi connectivity index (χ2v) is 37.6. The number of anilines is 2. The van der Waals surface area contributed by atoms with Gasteiger partial charge in [-0.25, -0.2) is 29.9 Å². The fourth-order valence-corrected chi connectivity index (χ4v) is 22.0. The summed E-state index contributed by atoms with van der Waals surface area (Å²) in [5.74, 6) is 2.38. The lowest BCUT2D eigenvalue weighted by atomic mass is 9.88. The normalized spacial score (nSPS) is 14.1. The van der Waals surface area contributed by atoms with Gasteiger partial charge >= 0.3 is 7.12 Å². The smallest absolute Gasteiger partial charge is 0.399 e. The molecule has 1 aliphatic heterocycles. The fraction of sp³-hybridized carbons (Fsp3) is 0.447. The van der Waals surface area contributed by atoms with Gasteiger partial charge in [0.1, 0.15) is 0 Å². The SMILES string of the molecule is Brc1c2ncsc2c(Br)c2ncsc12.CCCCC(CC)Cc1ccc(-c2c3ncsc3c(-c3ccc(CC(CC)CCCC)s3)c3ncsc23)s1.CCCCC(CC)Cc1ccc(B2OC(C)(C)C(C)(C)O2)s1.COC(C)OC.Nc1cc(S)c(N)cc1S.c1nc2cc3scnc3cc2s1. The number of nitrogens with two attached hydrogens (primary N) is 2. The molecule has 26 heteroatoms. The van der Waals surface area contributed by atoms with E-state index in [1.807, 2.05) is 74.0 Å². The Labute approximate surface area is 666 Å².